The van der Waals surface area contributed by atoms with Crippen molar-refractivity contribution in [1.82, 2.24) is 9.80 Å². The Kier molecular flexibility index (Phi) is 4.61. The van der Waals surface area contributed by atoms with Gasteiger partial charge in [-0.2, -0.15) is 0 Å². The van der Waals surface area contributed by atoms with Gasteiger partial charge in [0.15, 0.2) is 0 Å². The van der Waals surface area contributed by atoms with Crippen LogP contribution in [0.3, 0.4) is 0 Å². The SMILES string of the molecule is CC(C)N1C(=O)C2(CCN(C3CCCCC3)CC2)C1c1ccccc1. The minimum absolute atomic E-state index is 0.142. The summed E-state index contributed by atoms with van der Waals surface area (Å²) in [6.07, 6.45) is 8.97. The standard InChI is InChI=1S/C22H32N2O/c1-17(2)24-20(18-9-5-3-6-10-18)22(21(24)25)13-15-23(16-14-22)19-11-7-4-8-12-19/h3,5-6,9-10,17,19-20H,4,7-8,11-16H2,1-2H3. The topological polar surface area (TPSA) is 23.6 Å². The first-order valence-electron chi connectivity index (χ1n) is 10.3. The Morgan fingerprint density at radius 1 is 1.00 bits per heavy atom. The van der Waals surface area contributed by atoms with Crippen LogP contribution >= 0.6 is 0 Å². The van der Waals surface area contributed by atoms with Crippen molar-refractivity contribution < 1.29 is 4.79 Å². The fourth-order valence-electron chi connectivity index (χ4n) is 5.56. The third kappa shape index (κ3) is 2.81. The molecular weight excluding hydrogens is 308 g/mol. The smallest absolute Gasteiger partial charge is 0.232 e. The molecule has 3 nitrogen and oxygen atoms in total. The molecule has 1 saturated carbocycles. The van der Waals surface area contributed by atoms with Crippen molar-refractivity contribution in [2.75, 3.05) is 13.1 Å². The van der Waals surface area contributed by atoms with Gasteiger partial charge >= 0.3 is 0 Å². The summed E-state index contributed by atoms with van der Waals surface area (Å²) >= 11 is 0. The van der Waals surface area contributed by atoms with Crippen LogP contribution in [0.5, 0.6) is 0 Å². The first kappa shape index (κ1) is 17.1. The van der Waals surface area contributed by atoms with Gasteiger partial charge in [-0.25, -0.2) is 0 Å². The summed E-state index contributed by atoms with van der Waals surface area (Å²) in [4.78, 5) is 18.0. The van der Waals surface area contributed by atoms with E-state index in [1.807, 2.05) is 0 Å². The average molecular weight is 341 g/mol. The van der Waals surface area contributed by atoms with E-state index in [1.165, 1.54) is 37.7 Å². The highest BCUT2D eigenvalue weighted by molar-refractivity contribution is 5.91. The number of hydrogen-bond donors (Lipinski definition) is 0. The predicted molar refractivity (Wildman–Crippen MR) is 101 cm³/mol. The lowest BCUT2D eigenvalue weighted by Gasteiger charge is -2.61. The zero-order valence-electron chi connectivity index (χ0n) is 15.8. The summed E-state index contributed by atoms with van der Waals surface area (Å²) in [5.41, 5.74) is 1.18. The van der Waals surface area contributed by atoms with Crippen molar-refractivity contribution in [2.45, 2.75) is 76.9 Å². The molecule has 1 spiro atoms. The van der Waals surface area contributed by atoms with Crippen LogP contribution in [0.2, 0.25) is 0 Å². The number of rotatable bonds is 3. The lowest BCUT2D eigenvalue weighted by Crippen LogP contribution is -2.68. The summed E-state index contributed by atoms with van der Waals surface area (Å²) in [7, 11) is 0. The zero-order valence-corrected chi connectivity index (χ0v) is 15.8. The van der Waals surface area contributed by atoms with E-state index in [-0.39, 0.29) is 17.5 Å². The number of hydrogen-bond acceptors (Lipinski definition) is 2. The molecule has 1 aromatic carbocycles. The zero-order chi connectivity index (χ0) is 17.4. The van der Waals surface area contributed by atoms with Gasteiger partial charge in [-0.1, -0.05) is 49.6 Å². The Labute approximate surface area is 152 Å². The van der Waals surface area contributed by atoms with Crippen molar-refractivity contribution in [1.29, 1.82) is 0 Å². The van der Waals surface area contributed by atoms with Gasteiger partial charge in [0.05, 0.1) is 11.5 Å². The highest BCUT2D eigenvalue weighted by Crippen LogP contribution is 2.57. The Bertz CT molecular complexity index is 598. The molecule has 0 radical (unpaired) electrons. The maximum Gasteiger partial charge on any atom is 0.232 e. The molecule has 1 aliphatic carbocycles. The summed E-state index contributed by atoms with van der Waals surface area (Å²) in [5.74, 6) is 0.402. The molecule has 1 atom stereocenters. The van der Waals surface area contributed by atoms with Crippen LogP contribution in [0.15, 0.2) is 30.3 Å². The van der Waals surface area contributed by atoms with Gasteiger partial charge in [0.25, 0.3) is 0 Å². The van der Waals surface area contributed by atoms with Crippen molar-refractivity contribution in [3.05, 3.63) is 35.9 Å². The van der Waals surface area contributed by atoms with Crippen LogP contribution < -0.4 is 0 Å². The highest BCUT2D eigenvalue weighted by atomic mass is 16.2. The molecule has 0 N–H and O–H groups in total. The first-order valence-corrected chi connectivity index (χ1v) is 10.3. The maximum absolute atomic E-state index is 13.2. The molecule has 2 saturated heterocycles. The maximum atomic E-state index is 13.2. The fourth-order valence-corrected chi connectivity index (χ4v) is 5.56. The molecule has 3 aliphatic rings. The van der Waals surface area contributed by atoms with Gasteiger partial charge < -0.3 is 9.80 Å². The molecule has 1 unspecified atom stereocenters. The third-order valence-electron chi connectivity index (χ3n) is 6.92. The van der Waals surface area contributed by atoms with Gasteiger partial charge in [0, 0.05) is 12.1 Å². The van der Waals surface area contributed by atoms with Crippen molar-refractivity contribution in [3.63, 3.8) is 0 Å². The van der Waals surface area contributed by atoms with Crippen molar-refractivity contribution >= 4 is 5.91 Å². The monoisotopic (exact) mass is 340 g/mol. The van der Waals surface area contributed by atoms with Crippen LogP contribution in [-0.4, -0.2) is 40.9 Å². The number of benzene rings is 1. The predicted octanol–water partition coefficient (Wildman–Crippen LogP) is 4.39. The number of piperidine rings is 1. The molecule has 4 rings (SSSR count). The number of likely N-dealkylation sites (tertiary alicyclic amines) is 2. The quantitative estimate of drug-likeness (QED) is 0.762. The van der Waals surface area contributed by atoms with E-state index in [2.05, 4.69) is 54.0 Å². The van der Waals surface area contributed by atoms with Gasteiger partial charge in [-0.15, -0.1) is 0 Å². The van der Waals surface area contributed by atoms with Gasteiger partial charge in [0.2, 0.25) is 5.91 Å². The van der Waals surface area contributed by atoms with Gasteiger partial charge in [-0.3, -0.25) is 4.79 Å². The number of carbonyl (C=O) groups excluding carboxylic acids is 1. The molecule has 0 bridgehead atoms. The van der Waals surface area contributed by atoms with E-state index in [0.29, 0.717) is 5.91 Å². The van der Waals surface area contributed by atoms with Crippen molar-refractivity contribution in [3.8, 4) is 0 Å². The Balaban J connectivity index is 1.53. The minimum Gasteiger partial charge on any atom is -0.332 e. The molecule has 25 heavy (non-hydrogen) atoms. The van der Waals surface area contributed by atoms with Gasteiger partial charge in [0.1, 0.15) is 0 Å². The van der Waals surface area contributed by atoms with Crippen LogP contribution in [0.25, 0.3) is 0 Å². The highest BCUT2D eigenvalue weighted by Gasteiger charge is 2.62. The van der Waals surface area contributed by atoms with E-state index >= 15 is 0 Å². The van der Waals surface area contributed by atoms with Gasteiger partial charge in [-0.05, 0) is 58.2 Å². The first-order chi connectivity index (χ1) is 12.1. The average Bonchev–Trinajstić information content (AvgIpc) is 2.66. The molecule has 2 heterocycles. The Morgan fingerprint density at radius 2 is 1.64 bits per heavy atom. The molecule has 3 fully saturated rings. The van der Waals surface area contributed by atoms with E-state index in [0.717, 1.165) is 32.0 Å². The molecular formula is C22H32N2O. The lowest BCUT2D eigenvalue weighted by molar-refractivity contribution is -0.185. The number of amides is 1. The van der Waals surface area contributed by atoms with E-state index in [9.17, 15) is 4.79 Å². The molecule has 136 valence electrons. The largest absolute Gasteiger partial charge is 0.332 e. The fraction of sp³-hybridized carbons (Fsp3) is 0.682. The molecule has 2 aliphatic heterocycles. The molecule has 3 heteroatoms. The third-order valence-corrected chi connectivity index (χ3v) is 6.92. The lowest BCUT2D eigenvalue weighted by atomic mass is 9.61. The van der Waals surface area contributed by atoms with E-state index in [1.54, 1.807) is 0 Å². The Hall–Kier alpha value is -1.35. The van der Waals surface area contributed by atoms with Crippen molar-refractivity contribution in [2.24, 2.45) is 5.41 Å². The number of nitrogens with zero attached hydrogens (tertiary/aromatic N) is 2. The number of carbonyl (C=O) groups is 1. The summed E-state index contributed by atoms with van der Waals surface area (Å²) in [6.45, 7) is 6.51. The second-order valence-electron chi connectivity index (χ2n) is 8.60. The Morgan fingerprint density at radius 3 is 2.24 bits per heavy atom. The molecule has 1 aromatic rings. The summed E-state index contributed by atoms with van der Waals surface area (Å²) < 4.78 is 0. The van der Waals surface area contributed by atoms with Crippen LogP contribution in [-0.2, 0) is 4.79 Å². The second kappa shape index (κ2) is 6.75. The molecule has 1 amide bonds. The van der Waals surface area contributed by atoms with E-state index in [4.69, 9.17) is 0 Å². The summed E-state index contributed by atoms with van der Waals surface area (Å²) in [6, 6.07) is 12.0. The van der Waals surface area contributed by atoms with Crippen LogP contribution in [0, 0.1) is 5.41 Å². The molecule has 0 aromatic heterocycles. The van der Waals surface area contributed by atoms with Crippen LogP contribution in [0.4, 0.5) is 0 Å². The minimum atomic E-state index is -0.142. The normalized spacial score (nSPS) is 27.7. The summed E-state index contributed by atoms with van der Waals surface area (Å²) in [5, 5.41) is 0. The number of β-lactam (4-membered cyclic amide) rings is 1. The second-order valence-corrected chi connectivity index (χ2v) is 8.60. The van der Waals surface area contributed by atoms with Crippen LogP contribution in [0.1, 0.15) is 70.4 Å². The van der Waals surface area contributed by atoms with E-state index < -0.39 is 0 Å².